The number of carbonyl (C=O) groups excluding carboxylic acids is 2. The fourth-order valence-corrected chi connectivity index (χ4v) is 7.90. The van der Waals surface area contributed by atoms with Crippen LogP contribution >= 0.6 is 33.3 Å². The second-order valence-electron chi connectivity index (χ2n) is 11.8. The van der Waals surface area contributed by atoms with Crippen LogP contribution in [0.1, 0.15) is 12.7 Å². The van der Waals surface area contributed by atoms with E-state index in [-0.39, 0.29) is 32.9 Å². The number of nitrogens with zero attached hydrogens (tertiary/aromatic N) is 1. The van der Waals surface area contributed by atoms with Gasteiger partial charge in [-0.25, -0.2) is 0 Å². The third-order valence-corrected chi connectivity index (χ3v) is 11.4. The van der Waals surface area contributed by atoms with Gasteiger partial charge in [-0.2, -0.15) is 5.26 Å². The first-order valence-corrected chi connectivity index (χ1v) is 20.3. The number of hydrogen-bond acceptors (Lipinski definition) is 11. The maximum Gasteiger partial charge on any atom is 0.269 e. The summed E-state index contributed by atoms with van der Waals surface area (Å²) >= 11 is 1.20. The Balaban J connectivity index is 0.000000168. The lowest BCUT2D eigenvalue weighted by atomic mass is 9.96. The first-order valence-electron chi connectivity index (χ1n) is 17.4. The van der Waals surface area contributed by atoms with Crippen molar-refractivity contribution in [2.75, 3.05) is 0 Å². The molecule has 0 aliphatic carbocycles. The van der Waals surface area contributed by atoms with Crippen LogP contribution in [0.2, 0.25) is 0 Å². The van der Waals surface area contributed by atoms with Crippen LogP contribution in [0, 0.1) is 11.3 Å². The average Bonchev–Trinajstić information content (AvgIpc) is 3.38. The Kier molecular flexibility index (Phi) is 15.7. The Morgan fingerprint density at radius 2 is 0.931 bits per heavy atom. The summed E-state index contributed by atoms with van der Waals surface area (Å²) in [5.41, 5.74) is 1.22. The molecule has 7 rings (SSSR count). The molecule has 1 aliphatic rings. The molecule has 1 aliphatic heterocycles. The molecule has 6 aromatic rings. The van der Waals surface area contributed by atoms with Gasteiger partial charge in [-0.15, -0.1) is 0 Å². The lowest BCUT2D eigenvalue weighted by molar-refractivity contribution is -0.126. The maximum atomic E-state index is 12.0. The zero-order valence-corrected chi connectivity index (χ0v) is 33.1. The Bertz CT molecular complexity index is 2690. The van der Waals surface area contributed by atoms with Gasteiger partial charge in [0, 0.05) is 11.1 Å². The van der Waals surface area contributed by atoms with E-state index in [0.717, 1.165) is 5.56 Å². The van der Waals surface area contributed by atoms with E-state index in [0.29, 0.717) is 36.7 Å². The summed E-state index contributed by atoms with van der Waals surface area (Å²) in [6.45, 7) is 1.57. The summed E-state index contributed by atoms with van der Waals surface area (Å²) in [7, 11) is 2.61. The highest BCUT2D eigenvalue weighted by Gasteiger charge is 2.27. The van der Waals surface area contributed by atoms with Gasteiger partial charge in [0.1, 0.15) is 23.2 Å². The number of hydrogen-bond donors (Lipinski definition) is 1. The fraction of sp³-hybridized carbons (Fsp3) is 0.0217. The van der Waals surface area contributed by atoms with Crippen molar-refractivity contribution in [1.82, 2.24) is 5.32 Å². The van der Waals surface area contributed by atoms with E-state index in [1.807, 2.05) is 48.5 Å². The largest absolute Gasteiger partial charge is 0.457 e. The third-order valence-electron chi connectivity index (χ3n) is 7.84. The van der Waals surface area contributed by atoms with Gasteiger partial charge in [-0.05, 0) is 101 Å². The van der Waals surface area contributed by atoms with Crippen molar-refractivity contribution < 1.29 is 14.0 Å². The van der Waals surface area contributed by atoms with E-state index in [4.69, 9.17) is 9.68 Å². The van der Waals surface area contributed by atoms with Gasteiger partial charge < -0.3 is 4.42 Å². The smallest absolute Gasteiger partial charge is 0.269 e. The van der Waals surface area contributed by atoms with Crippen molar-refractivity contribution in [3.63, 3.8) is 0 Å². The standard InChI is InChI=1S/C18H12N2O3.C14H10O2S2.C14H10O2S/c1-11-14(17(21)20-18(22)15(11)10-19)9-13-7-8-16(23-13)12-5-3-2-4-6-12;15-11-7-3-1-5-9-13(11)17-18-14-10-6-2-4-8-12(14)16;15-11-7-3-1-5-9-13(11)17-14-10-6-2-4-8-12(14)16/h2-9H,1H3,(H,20,21,22);1-10H;1-10H/b14-9-;;. The molecular formula is C46H32N2O7S3. The minimum atomic E-state index is -0.670. The van der Waals surface area contributed by atoms with E-state index in [9.17, 15) is 28.8 Å². The van der Waals surface area contributed by atoms with Crippen LogP contribution in [0.3, 0.4) is 0 Å². The van der Waals surface area contributed by atoms with Crippen LogP contribution in [0.5, 0.6) is 0 Å². The molecule has 1 aromatic heterocycles. The summed E-state index contributed by atoms with van der Waals surface area (Å²) in [5.74, 6) is -0.0624. The summed E-state index contributed by atoms with van der Waals surface area (Å²) < 4.78 is 5.72. The number of amides is 2. The number of nitrogens with one attached hydrogen (secondary N) is 1. The second-order valence-corrected chi connectivity index (χ2v) is 15.1. The molecule has 286 valence electrons. The summed E-state index contributed by atoms with van der Waals surface area (Å²) in [6.07, 6.45) is 1.53. The van der Waals surface area contributed by atoms with E-state index in [1.165, 1.54) is 63.7 Å². The van der Waals surface area contributed by atoms with Crippen LogP contribution in [0.4, 0.5) is 0 Å². The molecule has 9 nitrogen and oxygen atoms in total. The quantitative estimate of drug-likeness (QED) is 0.0937. The minimum Gasteiger partial charge on any atom is -0.457 e. The Labute approximate surface area is 345 Å². The Hall–Kier alpha value is -6.78. The maximum absolute atomic E-state index is 12.0. The van der Waals surface area contributed by atoms with E-state index in [1.54, 1.807) is 104 Å². The lowest BCUT2D eigenvalue weighted by Gasteiger charge is -2.15. The molecule has 5 aromatic carbocycles. The molecule has 58 heavy (non-hydrogen) atoms. The highest BCUT2D eigenvalue weighted by atomic mass is 33.1. The SMILES string of the molecule is CC1=C(C#N)C(=O)NC(=O)/C1=C\c1ccc(-c2ccccc2)o1.O=c1cccccc1SSc1cccccc1=O.O=c1cccccc1Sc1cccccc1=O. The first-order chi connectivity index (χ1) is 28.1. The summed E-state index contributed by atoms with van der Waals surface area (Å²) in [5, 5.41) is 11.2. The van der Waals surface area contributed by atoms with Crippen LogP contribution in [0.25, 0.3) is 17.4 Å². The van der Waals surface area contributed by atoms with Crippen LogP contribution in [-0.4, -0.2) is 11.8 Å². The molecule has 0 bridgehead atoms. The number of nitriles is 1. The van der Waals surface area contributed by atoms with E-state index in [2.05, 4.69) is 5.32 Å². The first kappa shape index (κ1) is 42.4. The molecule has 2 amide bonds. The van der Waals surface area contributed by atoms with Gasteiger partial charge in [0.25, 0.3) is 11.8 Å². The zero-order valence-electron chi connectivity index (χ0n) is 30.7. The summed E-state index contributed by atoms with van der Waals surface area (Å²) in [6, 6.07) is 49.1. The van der Waals surface area contributed by atoms with Crippen LogP contribution < -0.4 is 27.0 Å². The van der Waals surface area contributed by atoms with Crippen LogP contribution in [0.15, 0.2) is 224 Å². The normalized spacial score (nSPS) is 12.5. The molecule has 0 spiro atoms. The number of rotatable bonds is 7. The molecule has 0 radical (unpaired) electrons. The lowest BCUT2D eigenvalue weighted by Crippen LogP contribution is -2.37. The van der Waals surface area contributed by atoms with Gasteiger partial charge in [-0.3, -0.25) is 34.1 Å². The molecule has 2 heterocycles. The van der Waals surface area contributed by atoms with E-state index < -0.39 is 11.8 Å². The summed E-state index contributed by atoms with van der Waals surface area (Å²) in [4.78, 5) is 72.6. The van der Waals surface area contributed by atoms with Crippen molar-refractivity contribution in [3.05, 3.63) is 227 Å². The van der Waals surface area contributed by atoms with Crippen molar-refractivity contribution in [2.24, 2.45) is 0 Å². The highest BCUT2D eigenvalue weighted by Crippen LogP contribution is 2.33. The van der Waals surface area contributed by atoms with Gasteiger partial charge in [0.15, 0.2) is 21.7 Å². The van der Waals surface area contributed by atoms with Gasteiger partial charge in [0.2, 0.25) is 0 Å². The molecule has 0 unspecified atom stereocenters. The van der Waals surface area contributed by atoms with Gasteiger partial charge >= 0.3 is 0 Å². The predicted octanol–water partition coefficient (Wildman–Crippen LogP) is 8.59. The highest BCUT2D eigenvalue weighted by molar-refractivity contribution is 8.76. The van der Waals surface area contributed by atoms with Gasteiger partial charge in [0.05, 0.1) is 19.6 Å². The second kappa shape index (κ2) is 21.5. The molecular weight excluding hydrogens is 789 g/mol. The third kappa shape index (κ3) is 12.1. The van der Waals surface area contributed by atoms with E-state index >= 15 is 0 Å². The van der Waals surface area contributed by atoms with Crippen molar-refractivity contribution >= 4 is 51.2 Å². The molecule has 0 saturated carbocycles. The molecule has 12 heteroatoms. The Morgan fingerprint density at radius 1 is 0.517 bits per heavy atom. The molecule has 0 fully saturated rings. The van der Waals surface area contributed by atoms with Gasteiger partial charge in [-0.1, -0.05) is 115 Å². The number of furan rings is 1. The zero-order chi connectivity index (χ0) is 41.3. The average molecular weight is 821 g/mol. The topological polar surface area (TPSA) is 151 Å². The van der Waals surface area contributed by atoms with Crippen molar-refractivity contribution in [1.29, 1.82) is 5.26 Å². The molecule has 0 saturated heterocycles. The number of benzene rings is 1. The monoisotopic (exact) mass is 820 g/mol. The minimum absolute atomic E-state index is 0.0368. The number of imide groups is 1. The van der Waals surface area contributed by atoms with Crippen molar-refractivity contribution in [3.8, 4) is 17.4 Å². The van der Waals surface area contributed by atoms with Crippen molar-refractivity contribution in [2.45, 2.75) is 26.5 Å². The molecule has 0 atom stereocenters. The number of carbonyl (C=O) groups is 2. The predicted molar refractivity (Wildman–Crippen MR) is 230 cm³/mol. The fourth-order valence-electron chi connectivity index (χ4n) is 4.92. The Morgan fingerprint density at radius 3 is 1.40 bits per heavy atom. The molecule has 1 N–H and O–H groups in total. The van der Waals surface area contributed by atoms with Crippen LogP contribution in [-0.2, 0) is 9.59 Å².